The summed E-state index contributed by atoms with van der Waals surface area (Å²) in [5.74, 6) is 0.386. The first-order valence-electron chi connectivity index (χ1n) is 7.31. The van der Waals surface area contributed by atoms with Gasteiger partial charge in [0.1, 0.15) is 5.75 Å². The lowest BCUT2D eigenvalue weighted by molar-refractivity contribution is 0.247. The number of phenolic OH excluding ortho intramolecular Hbond substituents is 1. The third kappa shape index (κ3) is 4.84. The normalized spacial score (nSPS) is 14.6. The van der Waals surface area contributed by atoms with Crippen LogP contribution in [0.1, 0.15) is 45.2 Å². The van der Waals surface area contributed by atoms with Crippen LogP contribution in [0.2, 0.25) is 0 Å². The predicted octanol–water partition coefficient (Wildman–Crippen LogP) is 3.16. The van der Waals surface area contributed by atoms with E-state index < -0.39 is 0 Å². The summed E-state index contributed by atoms with van der Waals surface area (Å²) >= 11 is 0. The summed E-state index contributed by atoms with van der Waals surface area (Å²) in [6.07, 6.45) is 2.15. The molecule has 0 heterocycles. The van der Waals surface area contributed by atoms with Crippen LogP contribution in [0.25, 0.3) is 0 Å². The van der Waals surface area contributed by atoms with Crippen LogP contribution >= 0.6 is 0 Å². The molecule has 0 aliphatic heterocycles. The van der Waals surface area contributed by atoms with E-state index in [0.717, 1.165) is 25.1 Å². The van der Waals surface area contributed by atoms with Crippen molar-refractivity contribution in [2.75, 3.05) is 20.1 Å². The largest absolute Gasteiger partial charge is 0.508 e. The Kier molecular flexibility index (Phi) is 6.89. The van der Waals surface area contributed by atoms with Crippen molar-refractivity contribution in [3.8, 4) is 5.75 Å². The molecule has 3 nitrogen and oxygen atoms in total. The van der Waals surface area contributed by atoms with Crippen molar-refractivity contribution in [2.45, 2.75) is 45.7 Å². The molecular weight excluding hydrogens is 236 g/mol. The van der Waals surface area contributed by atoms with Gasteiger partial charge >= 0.3 is 0 Å². The van der Waals surface area contributed by atoms with Gasteiger partial charge < -0.3 is 15.3 Å². The molecule has 2 atom stereocenters. The maximum absolute atomic E-state index is 9.90. The number of hydrogen-bond acceptors (Lipinski definition) is 3. The highest BCUT2D eigenvalue weighted by Gasteiger charge is 2.13. The number of hydrogen-bond donors (Lipinski definition) is 2. The van der Waals surface area contributed by atoms with Crippen LogP contribution in [0, 0.1) is 0 Å². The summed E-state index contributed by atoms with van der Waals surface area (Å²) in [7, 11) is 2.16. The van der Waals surface area contributed by atoms with Gasteiger partial charge in [-0.1, -0.05) is 32.0 Å². The molecule has 2 unspecified atom stereocenters. The molecule has 0 saturated heterocycles. The molecular formula is C16H28N2O. The lowest BCUT2D eigenvalue weighted by atomic mass is 10.0. The minimum absolute atomic E-state index is 0.228. The molecule has 0 saturated carbocycles. The number of para-hydroxylation sites is 1. The average molecular weight is 264 g/mol. The summed E-state index contributed by atoms with van der Waals surface area (Å²) in [4.78, 5) is 2.37. The molecule has 0 aromatic heterocycles. The summed E-state index contributed by atoms with van der Waals surface area (Å²) in [6, 6.07) is 8.44. The lowest BCUT2D eigenvalue weighted by Crippen LogP contribution is -2.36. The van der Waals surface area contributed by atoms with E-state index in [-0.39, 0.29) is 6.04 Å². The van der Waals surface area contributed by atoms with Crippen molar-refractivity contribution in [3.05, 3.63) is 29.8 Å². The zero-order chi connectivity index (χ0) is 14.3. The van der Waals surface area contributed by atoms with Gasteiger partial charge in [-0.25, -0.2) is 0 Å². The van der Waals surface area contributed by atoms with E-state index in [1.54, 1.807) is 6.07 Å². The number of rotatable bonds is 8. The van der Waals surface area contributed by atoms with Crippen molar-refractivity contribution in [1.29, 1.82) is 0 Å². The molecule has 0 spiro atoms. The highest BCUT2D eigenvalue weighted by molar-refractivity contribution is 5.34. The Bertz CT molecular complexity index is 368. The standard InChI is InChI=1S/C16H28N2O/c1-5-13(3)18(4)12-11-17-15(6-2)14-9-7-8-10-16(14)19/h7-10,13,15,17,19H,5-6,11-12H2,1-4H3. The molecule has 1 aromatic carbocycles. The molecule has 0 aliphatic rings. The lowest BCUT2D eigenvalue weighted by Gasteiger charge is -2.25. The second kappa shape index (κ2) is 8.18. The van der Waals surface area contributed by atoms with Crippen molar-refractivity contribution in [2.24, 2.45) is 0 Å². The Balaban J connectivity index is 2.48. The smallest absolute Gasteiger partial charge is 0.120 e. The van der Waals surface area contributed by atoms with Gasteiger partial charge in [-0.3, -0.25) is 0 Å². The van der Waals surface area contributed by atoms with Gasteiger partial charge in [0.2, 0.25) is 0 Å². The second-order valence-electron chi connectivity index (χ2n) is 5.21. The number of benzene rings is 1. The Labute approximate surface area is 117 Å². The van der Waals surface area contributed by atoms with E-state index in [4.69, 9.17) is 0 Å². The molecule has 3 heteroatoms. The van der Waals surface area contributed by atoms with Crippen LogP contribution < -0.4 is 5.32 Å². The number of nitrogens with one attached hydrogen (secondary N) is 1. The van der Waals surface area contributed by atoms with E-state index in [0.29, 0.717) is 11.8 Å². The molecule has 2 N–H and O–H groups in total. The third-order valence-electron chi connectivity index (χ3n) is 3.92. The molecule has 0 amide bonds. The fourth-order valence-corrected chi connectivity index (χ4v) is 2.20. The maximum atomic E-state index is 9.90. The van der Waals surface area contributed by atoms with E-state index in [9.17, 15) is 5.11 Å². The van der Waals surface area contributed by atoms with Crippen LogP contribution in [0.15, 0.2) is 24.3 Å². The Hall–Kier alpha value is -1.06. The second-order valence-corrected chi connectivity index (χ2v) is 5.21. The monoisotopic (exact) mass is 264 g/mol. The van der Waals surface area contributed by atoms with Gasteiger partial charge in [-0.15, -0.1) is 0 Å². The molecule has 1 rings (SSSR count). The number of phenols is 1. The zero-order valence-electron chi connectivity index (χ0n) is 12.7. The highest BCUT2D eigenvalue weighted by atomic mass is 16.3. The van der Waals surface area contributed by atoms with Crippen LogP contribution in [-0.4, -0.2) is 36.2 Å². The van der Waals surface area contributed by atoms with Gasteiger partial charge in [-0.05, 0) is 32.9 Å². The minimum Gasteiger partial charge on any atom is -0.508 e. The fraction of sp³-hybridized carbons (Fsp3) is 0.625. The molecule has 0 radical (unpaired) electrons. The summed E-state index contributed by atoms with van der Waals surface area (Å²) in [5.41, 5.74) is 0.996. The first-order chi connectivity index (χ1) is 9.10. The van der Waals surface area contributed by atoms with E-state index >= 15 is 0 Å². The van der Waals surface area contributed by atoms with Gasteiger partial charge in [0, 0.05) is 30.7 Å². The van der Waals surface area contributed by atoms with Crippen LogP contribution in [0.5, 0.6) is 5.75 Å². The van der Waals surface area contributed by atoms with Crippen molar-refractivity contribution in [1.82, 2.24) is 10.2 Å². The number of aromatic hydroxyl groups is 1. The first-order valence-corrected chi connectivity index (χ1v) is 7.31. The molecule has 108 valence electrons. The topological polar surface area (TPSA) is 35.5 Å². The van der Waals surface area contributed by atoms with Gasteiger partial charge in [0.05, 0.1) is 0 Å². The average Bonchev–Trinajstić information content (AvgIpc) is 2.43. The maximum Gasteiger partial charge on any atom is 0.120 e. The van der Waals surface area contributed by atoms with Crippen molar-refractivity contribution in [3.63, 3.8) is 0 Å². The number of nitrogens with zero attached hydrogens (tertiary/aromatic N) is 1. The van der Waals surface area contributed by atoms with Crippen LogP contribution in [0.4, 0.5) is 0 Å². The predicted molar refractivity (Wildman–Crippen MR) is 81.5 cm³/mol. The first kappa shape index (κ1) is 16.0. The molecule has 0 aliphatic carbocycles. The summed E-state index contributed by atoms with van der Waals surface area (Å²) in [5, 5.41) is 13.4. The Morgan fingerprint density at radius 1 is 1.21 bits per heavy atom. The van der Waals surface area contributed by atoms with Gasteiger partial charge in [-0.2, -0.15) is 0 Å². The zero-order valence-corrected chi connectivity index (χ0v) is 12.7. The van der Waals surface area contributed by atoms with Crippen LogP contribution in [-0.2, 0) is 0 Å². The number of likely N-dealkylation sites (N-methyl/N-ethyl adjacent to an activating group) is 1. The van der Waals surface area contributed by atoms with E-state index in [1.807, 2.05) is 18.2 Å². The van der Waals surface area contributed by atoms with E-state index in [2.05, 4.69) is 38.0 Å². The Morgan fingerprint density at radius 2 is 1.89 bits per heavy atom. The highest BCUT2D eigenvalue weighted by Crippen LogP contribution is 2.25. The molecule has 19 heavy (non-hydrogen) atoms. The van der Waals surface area contributed by atoms with Gasteiger partial charge in [0.25, 0.3) is 0 Å². The van der Waals surface area contributed by atoms with Crippen LogP contribution in [0.3, 0.4) is 0 Å². The van der Waals surface area contributed by atoms with Crippen molar-refractivity contribution >= 4 is 0 Å². The van der Waals surface area contributed by atoms with Gasteiger partial charge in [0.15, 0.2) is 0 Å². The third-order valence-corrected chi connectivity index (χ3v) is 3.92. The van der Waals surface area contributed by atoms with Crippen molar-refractivity contribution < 1.29 is 5.11 Å². The quantitative estimate of drug-likeness (QED) is 0.757. The molecule has 0 fully saturated rings. The fourth-order valence-electron chi connectivity index (χ4n) is 2.20. The molecule has 1 aromatic rings. The minimum atomic E-state index is 0.228. The SMILES string of the molecule is CCC(NCCN(C)C(C)CC)c1ccccc1O. The Morgan fingerprint density at radius 3 is 2.47 bits per heavy atom. The van der Waals surface area contributed by atoms with E-state index in [1.165, 1.54) is 6.42 Å². The molecule has 0 bridgehead atoms. The summed E-state index contributed by atoms with van der Waals surface area (Å²) < 4.78 is 0. The summed E-state index contributed by atoms with van der Waals surface area (Å²) in [6.45, 7) is 8.57.